The Morgan fingerprint density at radius 1 is 1.13 bits per heavy atom. The minimum atomic E-state index is 0.396. The second-order valence-electron chi connectivity index (χ2n) is 4.58. The average Bonchev–Trinajstić information content (AvgIpc) is 2.81. The molecule has 1 saturated carbocycles. The molecule has 1 aliphatic carbocycles. The van der Waals surface area contributed by atoms with Gasteiger partial charge in [0.25, 0.3) is 0 Å². The van der Waals surface area contributed by atoms with Gasteiger partial charge in [-0.2, -0.15) is 0 Å². The SMILES string of the molecule is ClC(CCc1ccccc1)C1CCCC1. The predicted octanol–water partition coefficient (Wildman–Crippen LogP) is 4.42. The molecule has 0 spiro atoms. The Kier molecular flexibility index (Phi) is 4.08. The van der Waals surface area contributed by atoms with Gasteiger partial charge in [0, 0.05) is 5.38 Å². The number of alkyl halides is 1. The predicted molar refractivity (Wildman–Crippen MR) is 66.4 cm³/mol. The zero-order valence-electron chi connectivity index (χ0n) is 9.16. The largest absolute Gasteiger partial charge is 0.123 e. The topological polar surface area (TPSA) is 0 Å². The maximum absolute atomic E-state index is 6.44. The number of benzene rings is 1. The van der Waals surface area contributed by atoms with Gasteiger partial charge in [0.2, 0.25) is 0 Å². The molecule has 1 aromatic rings. The molecule has 0 heterocycles. The lowest BCUT2D eigenvalue weighted by Gasteiger charge is -2.16. The summed E-state index contributed by atoms with van der Waals surface area (Å²) in [4.78, 5) is 0. The smallest absolute Gasteiger partial charge is 0.0367 e. The van der Waals surface area contributed by atoms with Crippen molar-refractivity contribution in [3.8, 4) is 0 Å². The molecule has 0 aromatic heterocycles. The van der Waals surface area contributed by atoms with Crippen LogP contribution in [0.15, 0.2) is 30.3 Å². The Hall–Kier alpha value is -0.490. The lowest BCUT2D eigenvalue weighted by molar-refractivity contribution is 0.492. The molecule has 0 bridgehead atoms. The van der Waals surface area contributed by atoms with Crippen molar-refractivity contribution in [3.05, 3.63) is 35.9 Å². The van der Waals surface area contributed by atoms with Gasteiger partial charge in [0.1, 0.15) is 0 Å². The summed E-state index contributed by atoms with van der Waals surface area (Å²) in [5, 5.41) is 0.396. The van der Waals surface area contributed by atoms with E-state index in [1.54, 1.807) is 0 Å². The van der Waals surface area contributed by atoms with E-state index in [0.29, 0.717) is 5.38 Å². The van der Waals surface area contributed by atoms with Crippen LogP contribution in [0.5, 0.6) is 0 Å². The zero-order valence-corrected chi connectivity index (χ0v) is 9.92. The normalized spacial score (nSPS) is 19.3. The highest BCUT2D eigenvalue weighted by atomic mass is 35.5. The molecule has 15 heavy (non-hydrogen) atoms. The van der Waals surface area contributed by atoms with Gasteiger partial charge in [-0.1, -0.05) is 43.2 Å². The van der Waals surface area contributed by atoms with Gasteiger partial charge in [-0.25, -0.2) is 0 Å². The van der Waals surface area contributed by atoms with Gasteiger partial charge in [0.05, 0.1) is 0 Å². The number of hydrogen-bond donors (Lipinski definition) is 0. The minimum absolute atomic E-state index is 0.396. The van der Waals surface area contributed by atoms with Crippen LogP contribution in [0, 0.1) is 5.92 Å². The maximum Gasteiger partial charge on any atom is 0.0367 e. The second kappa shape index (κ2) is 5.55. The highest BCUT2D eigenvalue weighted by Gasteiger charge is 2.22. The first-order chi connectivity index (χ1) is 7.36. The van der Waals surface area contributed by atoms with Gasteiger partial charge in [-0.3, -0.25) is 0 Å². The van der Waals surface area contributed by atoms with E-state index in [1.165, 1.54) is 31.2 Å². The summed E-state index contributed by atoms with van der Waals surface area (Å²) in [5.74, 6) is 0.787. The Labute approximate surface area is 97.6 Å². The number of aryl methyl sites for hydroxylation is 1. The van der Waals surface area contributed by atoms with E-state index in [-0.39, 0.29) is 0 Å². The van der Waals surface area contributed by atoms with E-state index in [2.05, 4.69) is 30.3 Å². The monoisotopic (exact) mass is 222 g/mol. The number of halogens is 1. The van der Waals surface area contributed by atoms with Crippen LogP contribution in [-0.2, 0) is 6.42 Å². The molecule has 1 heteroatoms. The van der Waals surface area contributed by atoms with Gasteiger partial charge in [-0.15, -0.1) is 11.6 Å². The molecule has 1 aliphatic rings. The third-order valence-electron chi connectivity index (χ3n) is 3.46. The van der Waals surface area contributed by atoms with Crippen molar-refractivity contribution in [1.82, 2.24) is 0 Å². The summed E-state index contributed by atoms with van der Waals surface area (Å²) < 4.78 is 0. The molecule has 0 saturated heterocycles. The third kappa shape index (κ3) is 3.24. The highest BCUT2D eigenvalue weighted by molar-refractivity contribution is 6.20. The van der Waals surface area contributed by atoms with Gasteiger partial charge >= 0.3 is 0 Å². The maximum atomic E-state index is 6.44. The lowest BCUT2D eigenvalue weighted by atomic mass is 9.98. The molecule has 1 unspecified atom stereocenters. The molecule has 1 aromatic carbocycles. The van der Waals surface area contributed by atoms with Crippen molar-refractivity contribution in [2.24, 2.45) is 5.92 Å². The van der Waals surface area contributed by atoms with Gasteiger partial charge in [0.15, 0.2) is 0 Å². The van der Waals surface area contributed by atoms with Crippen LogP contribution in [-0.4, -0.2) is 5.38 Å². The van der Waals surface area contributed by atoms with Crippen molar-refractivity contribution in [2.75, 3.05) is 0 Å². The van der Waals surface area contributed by atoms with E-state index >= 15 is 0 Å². The molecule has 82 valence electrons. The Bertz CT molecular complexity index is 275. The molecule has 0 N–H and O–H groups in total. The summed E-state index contributed by atoms with van der Waals surface area (Å²) in [6, 6.07) is 10.7. The summed E-state index contributed by atoms with van der Waals surface area (Å²) in [7, 11) is 0. The van der Waals surface area contributed by atoms with Crippen LogP contribution >= 0.6 is 11.6 Å². The Balaban J connectivity index is 1.77. The van der Waals surface area contributed by atoms with E-state index in [1.807, 2.05) is 0 Å². The van der Waals surface area contributed by atoms with E-state index in [0.717, 1.165) is 18.8 Å². The van der Waals surface area contributed by atoms with E-state index in [9.17, 15) is 0 Å². The van der Waals surface area contributed by atoms with Crippen LogP contribution in [0.4, 0.5) is 0 Å². The zero-order chi connectivity index (χ0) is 10.5. The quantitative estimate of drug-likeness (QED) is 0.662. The Morgan fingerprint density at radius 3 is 2.47 bits per heavy atom. The number of rotatable bonds is 4. The molecule has 1 atom stereocenters. The first-order valence-corrected chi connectivity index (χ1v) is 6.48. The molecule has 2 rings (SSSR count). The van der Waals surface area contributed by atoms with Crippen molar-refractivity contribution in [3.63, 3.8) is 0 Å². The van der Waals surface area contributed by atoms with Crippen molar-refractivity contribution in [1.29, 1.82) is 0 Å². The summed E-state index contributed by atoms with van der Waals surface area (Å²) in [6.45, 7) is 0. The van der Waals surface area contributed by atoms with Crippen LogP contribution in [0.3, 0.4) is 0 Å². The molecular formula is C14H19Cl. The first-order valence-electron chi connectivity index (χ1n) is 6.04. The molecule has 0 radical (unpaired) electrons. The first kappa shape index (κ1) is 11.0. The van der Waals surface area contributed by atoms with Crippen molar-refractivity contribution in [2.45, 2.75) is 43.9 Å². The number of hydrogen-bond acceptors (Lipinski definition) is 0. The third-order valence-corrected chi connectivity index (χ3v) is 4.04. The lowest BCUT2D eigenvalue weighted by Crippen LogP contribution is -2.12. The van der Waals surface area contributed by atoms with Crippen LogP contribution in [0.25, 0.3) is 0 Å². The van der Waals surface area contributed by atoms with Gasteiger partial charge in [-0.05, 0) is 37.2 Å². The van der Waals surface area contributed by atoms with E-state index in [4.69, 9.17) is 11.6 Å². The van der Waals surface area contributed by atoms with Crippen LogP contribution in [0.1, 0.15) is 37.7 Å². The molecular weight excluding hydrogens is 204 g/mol. The van der Waals surface area contributed by atoms with Gasteiger partial charge < -0.3 is 0 Å². The van der Waals surface area contributed by atoms with Crippen LogP contribution in [0.2, 0.25) is 0 Å². The summed E-state index contributed by atoms with van der Waals surface area (Å²) in [6.07, 6.45) is 7.74. The molecule has 0 nitrogen and oxygen atoms in total. The highest BCUT2D eigenvalue weighted by Crippen LogP contribution is 2.32. The molecule has 1 fully saturated rings. The van der Waals surface area contributed by atoms with Crippen molar-refractivity contribution >= 4 is 11.6 Å². The fraction of sp³-hybridized carbons (Fsp3) is 0.571. The summed E-state index contributed by atoms with van der Waals surface area (Å²) >= 11 is 6.44. The molecule has 0 aliphatic heterocycles. The second-order valence-corrected chi connectivity index (χ2v) is 5.15. The van der Waals surface area contributed by atoms with Crippen LogP contribution < -0.4 is 0 Å². The molecule has 0 amide bonds. The fourth-order valence-electron chi connectivity index (χ4n) is 2.50. The minimum Gasteiger partial charge on any atom is -0.123 e. The summed E-state index contributed by atoms with van der Waals surface area (Å²) in [5.41, 5.74) is 1.42. The van der Waals surface area contributed by atoms with E-state index < -0.39 is 0 Å². The van der Waals surface area contributed by atoms with Crippen molar-refractivity contribution < 1.29 is 0 Å². The average molecular weight is 223 g/mol. The standard InChI is InChI=1S/C14H19Cl/c15-14(13-8-4-5-9-13)11-10-12-6-2-1-3-7-12/h1-3,6-7,13-14H,4-5,8-11H2. The Morgan fingerprint density at radius 2 is 1.80 bits per heavy atom. The fourth-order valence-corrected chi connectivity index (χ4v) is 2.87.